The Labute approximate surface area is 268 Å². The molecule has 3 aromatic carbocycles. The Morgan fingerprint density at radius 1 is 0.349 bits per heavy atom. The molecular weight excluding hydrogens is 535 g/mol. The van der Waals surface area contributed by atoms with Gasteiger partial charge < -0.3 is 0 Å². The van der Waals surface area contributed by atoms with Crippen molar-refractivity contribution in [3.8, 4) is 0 Å². The van der Waals surface area contributed by atoms with Gasteiger partial charge in [-0.25, -0.2) is 0 Å². The number of hydrogen-bond donors (Lipinski definition) is 0. The van der Waals surface area contributed by atoms with Crippen molar-refractivity contribution < 1.29 is 0 Å². The topological polar surface area (TPSA) is 0 Å². The first-order valence-corrected chi connectivity index (χ1v) is 19.6. The average Bonchev–Trinajstić information content (AvgIpc) is 3.04. The molecule has 0 radical (unpaired) electrons. The fraction of sp³-hybridized carbons (Fsp3) is 0.571. The Balaban J connectivity index is 2.29. The lowest BCUT2D eigenvalue weighted by molar-refractivity contribution is 0.781. The van der Waals surface area contributed by atoms with Crippen LogP contribution in [0, 0.1) is 0 Å². The van der Waals surface area contributed by atoms with Gasteiger partial charge in [0.25, 0.3) is 0 Å². The molecular formula is C42H63P. The van der Waals surface area contributed by atoms with Gasteiger partial charge in [0.15, 0.2) is 0 Å². The highest BCUT2D eigenvalue weighted by molar-refractivity contribution is 7.80. The Hall–Kier alpha value is -1.91. The Bertz CT molecular complexity index is 1050. The third-order valence-corrected chi connectivity index (χ3v) is 11.8. The van der Waals surface area contributed by atoms with E-state index in [1.54, 1.807) is 32.6 Å². The number of aryl methyl sites for hydroxylation is 6. The molecule has 0 N–H and O–H groups in total. The average molecular weight is 599 g/mol. The van der Waals surface area contributed by atoms with Gasteiger partial charge in [0.2, 0.25) is 0 Å². The maximum absolute atomic E-state index is 2.61. The van der Waals surface area contributed by atoms with Crippen molar-refractivity contribution >= 4 is 23.8 Å². The highest BCUT2D eigenvalue weighted by Gasteiger charge is 2.25. The molecule has 0 aliphatic heterocycles. The van der Waals surface area contributed by atoms with Crippen LogP contribution in [-0.2, 0) is 38.5 Å². The van der Waals surface area contributed by atoms with Crippen LogP contribution >= 0.6 is 7.92 Å². The summed E-state index contributed by atoms with van der Waals surface area (Å²) in [5.74, 6) is 0. The monoisotopic (exact) mass is 598 g/mol. The lowest BCUT2D eigenvalue weighted by Crippen LogP contribution is -2.28. The molecule has 0 amide bonds. The van der Waals surface area contributed by atoms with Crippen LogP contribution in [0.5, 0.6) is 0 Å². The minimum absolute atomic E-state index is 0.634. The fourth-order valence-corrected chi connectivity index (χ4v) is 9.11. The SMILES string of the molecule is CCCCc1ccc(P(c2ccc(CCCC)cc2CCCC)c2ccc(CCCC)cc2CCCC)c(CCCC)c1. The summed E-state index contributed by atoms with van der Waals surface area (Å²) in [5.41, 5.74) is 9.47. The molecule has 0 atom stereocenters. The van der Waals surface area contributed by atoms with Crippen LogP contribution in [-0.4, -0.2) is 0 Å². The summed E-state index contributed by atoms with van der Waals surface area (Å²) in [6.07, 6.45) is 22.4. The summed E-state index contributed by atoms with van der Waals surface area (Å²) in [5, 5.41) is 4.88. The molecule has 0 aliphatic carbocycles. The van der Waals surface area contributed by atoms with Gasteiger partial charge >= 0.3 is 0 Å². The first kappa shape index (κ1) is 35.6. The molecule has 3 aromatic rings. The lowest BCUT2D eigenvalue weighted by Gasteiger charge is -2.28. The second kappa shape index (κ2) is 20.2. The molecule has 43 heavy (non-hydrogen) atoms. The molecule has 0 spiro atoms. The molecule has 0 bridgehead atoms. The van der Waals surface area contributed by atoms with E-state index in [0.29, 0.717) is 0 Å². The highest BCUT2D eigenvalue weighted by Crippen LogP contribution is 2.39. The van der Waals surface area contributed by atoms with Crippen LogP contribution in [0.4, 0.5) is 0 Å². The van der Waals surface area contributed by atoms with Crippen molar-refractivity contribution in [1.29, 1.82) is 0 Å². The van der Waals surface area contributed by atoms with Gasteiger partial charge in [-0.3, -0.25) is 0 Å². The van der Waals surface area contributed by atoms with E-state index in [2.05, 4.69) is 96.1 Å². The van der Waals surface area contributed by atoms with Crippen LogP contribution < -0.4 is 15.9 Å². The van der Waals surface area contributed by atoms with Crippen molar-refractivity contribution in [3.05, 3.63) is 88.0 Å². The molecule has 0 unspecified atom stereocenters. The van der Waals surface area contributed by atoms with E-state index in [-0.39, 0.29) is 0 Å². The van der Waals surface area contributed by atoms with Gasteiger partial charge in [0.05, 0.1) is 0 Å². The lowest BCUT2D eigenvalue weighted by atomic mass is 10.0. The first-order valence-electron chi connectivity index (χ1n) is 18.2. The summed E-state index contributed by atoms with van der Waals surface area (Å²) in [6, 6.07) is 23.0. The van der Waals surface area contributed by atoms with Crippen LogP contribution in [0.1, 0.15) is 152 Å². The van der Waals surface area contributed by atoms with Gasteiger partial charge in [-0.15, -0.1) is 0 Å². The van der Waals surface area contributed by atoms with E-state index in [1.165, 1.54) is 132 Å². The normalized spacial score (nSPS) is 11.5. The maximum atomic E-state index is 2.61. The van der Waals surface area contributed by atoms with E-state index in [4.69, 9.17) is 0 Å². The summed E-state index contributed by atoms with van der Waals surface area (Å²) in [7, 11) is -0.634. The van der Waals surface area contributed by atoms with Crippen LogP contribution in [0.3, 0.4) is 0 Å². The van der Waals surface area contributed by atoms with E-state index < -0.39 is 7.92 Å². The molecule has 236 valence electrons. The highest BCUT2D eigenvalue weighted by atomic mass is 31.1. The summed E-state index contributed by atoms with van der Waals surface area (Å²) in [6.45, 7) is 14.0. The molecule has 0 aliphatic rings. The third-order valence-electron chi connectivity index (χ3n) is 9.01. The van der Waals surface area contributed by atoms with Gasteiger partial charge in [-0.1, -0.05) is 135 Å². The van der Waals surface area contributed by atoms with Crippen LogP contribution in [0.15, 0.2) is 54.6 Å². The summed E-state index contributed by atoms with van der Waals surface area (Å²) >= 11 is 0. The standard InChI is InChI=1S/C42H63P/c1-7-13-19-34-25-28-40(37(31-34)22-16-10-4)43(41-29-26-35(20-14-8-2)32-38(41)23-17-11-5)42-30-27-36(21-15-9-3)33-39(42)24-18-12-6/h25-33H,7-24H2,1-6H3. The third kappa shape index (κ3) is 10.9. The minimum Gasteiger partial charge on any atom is -0.0654 e. The molecule has 0 saturated carbocycles. The van der Waals surface area contributed by atoms with Gasteiger partial charge in [-0.05, 0) is 134 Å². The van der Waals surface area contributed by atoms with Crippen LogP contribution in [0.25, 0.3) is 0 Å². The molecule has 3 rings (SSSR count). The fourth-order valence-electron chi connectivity index (χ4n) is 6.27. The molecule has 0 nitrogen and oxygen atoms in total. The maximum Gasteiger partial charge on any atom is -0.0119 e. The molecule has 0 fully saturated rings. The summed E-state index contributed by atoms with van der Waals surface area (Å²) in [4.78, 5) is 0. The quantitative estimate of drug-likeness (QED) is 0.107. The summed E-state index contributed by atoms with van der Waals surface area (Å²) < 4.78 is 0. The Kier molecular flexibility index (Phi) is 16.7. The van der Waals surface area contributed by atoms with E-state index in [9.17, 15) is 0 Å². The van der Waals surface area contributed by atoms with E-state index in [0.717, 1.165) is 0 Å². The predicted octanol–water partition coefficient (Wildman–Crippen LogP) is 11.5. The van der Waals surface area contributed by atoms with Crippen molar-refractivity contribution in [2.45, 2.75) is 157 Å². The number of benzene rings is 3. The molecule has 0 saturated heterocycles. The number of rotatable bonds is 21. The van der Waals surface area contributed by atoms with E-state index in [1.807, 2.05) is 0 Å². The Morgan fingerprint density at radius 2 is 0.605 bits per heavy atom. The molecule has 0 heterocycles. The van der Waals surface area contributed by atoms with Gasteiger partial charge in [0.1, 0.15) is 0 Å². The van der Waals surface area contributed by atoms with Gasteiger partial charge in [0, 0.05) is 0 Å². The zero-order valence-electron chi connectivity index (χ0n) is 28.9. The molecule has 0 aromatic heterocycles. The van der Waals surface area contributed by atoms with Gasteiger partial charge in [-0.2, -0.15) is 0 Å². The van der Waals surface area contributed by atoms with E-state index >= 15 is 0 Å². The number of unbranched alkanes of at least 4 members (excludes halogenated alkanes) is 6. The van der Waals surface area contributed by atoms with Crippen molar-refractivity contribution in [2.24, 2.45) is 0 Å². The first-order chi connectivity index (χ1) is 21.1. The largest absolute Gasteiger partial charge is 0.0654 e. The van der Waals surface area contributed by atoms with Crippen molar-refractivity contribution in [2.75, 3.05) is 0 Å². The number of hydrogen-bond acceptors (Lipinski definition) is 0. The Morgan fingerprint density at radius 3 is 0.860 bits per heavy atom. The minimum atomic E-state index is -0.634. The second-order valence-electron chi connectivity index (χ2n) is 12.8. The zero-order valence-corrected chi connectivity index (χ0v) is 29.8. The zero-order chi connectivity index (χ0) is 30.9. The van der Waals surface area contributed by atoms with Crippen molar-refractivity contribution in [1.82, 2.24) is 0 Å². The molecule has 1 heteroatoms. The van der Waals surface area contributed by atoms with Crippen molar-refractivity contribution in [3.63, 3.8) is 0 Å². The van der Waals surface area contributed by atoms with Crippen LogP contribution in [0.2, 0.25) is 0 Å². The second-order valence-corrected chi connectivity index (χ2v) is 15.0. The predicted molar refractivity (Wildman–Crippen MR) is 197 cm³/mol. The smallest absolute Gasteiger partial charge is 0.0119 e.